The maximum atomic E-state index is 12.4. The third kappa shape index (κ3) is 3.76. The van der Waals surface area contributed by atoms with Crippen LogP contribution in [0.1, 0.15) is 12.0 Å². The van der Waals surface area contributed by atoms with E-state index < -0.39 is 0 Å². The fourth-order valence-electron chi connectivity index (χ4n) is 3.18. The number of rotatable bonds is 5. The van der Waals surface area contributed by atoms with Crippen LogP contribution in [0.25, 0.3) is 10.9 Å². The van der Waals surface area contributed by atoms with Gasteiger partial charge in [-0.3, -0.25) is 14.5 Å². The van der Waals surface area contributed by atoms with E-state index >= 15 is 0 Å². The predicted octanol–water partition coefficient (Wildman–Crippen LogP) is 0.991. The van der Waals surface area contributed by atoms with Crippen LogP contribution in [0.2, 0.25) is 0 Å². The summed E-state index contributed by atoms with van der Waals surface area (Å²) in [7, 11) is 1.65. The number of nitrogens with zero attached hydrogens (tertiary/aromatic N) is 2. The number of para-hydroxylation sites is 1. The van der Waals surface area contributed by atoms with Gasteiger partial charge < -0.3 is 15.2 Å². The molecule has 3 rings (SSSR count). The average molecular weight is 328 g/mol. The molecule has 0 saturated carbocycles. The van der Waals surface area contributed by atoms with Gasteiger partial charge >= 0.3 is 0 Å². The van der Waals surface area contributed by atoms with E-state index in [1.165, 1.54) is 10.9 Å². The van der Waals surface area contributed by atoms with Gasteiger partial charge in [0.05, 0.1) is 6.54 Å². The minimum Gasteiger partial charge on any atom is -0.361 e. The van der Waals surface area contributed by atoms with Crippen molar-refractivity contribution < 1.29 is 9.59 Å². The number of H-pyrrole nitrogens is 1. The fraction of sp³-hybridized carbons (Fsp3) is 0.444. The predicted molar refractivity (Wildman–Crippen MR) is 93.7 cm³/mol. The first-order valence-corrected chi connectivity index (χ1v) is 8.43. The van der Waals surface area contributed by atoms with E-state index in [0.29, 0.717) is 26.1 Å². The minimum absolute atomic E-state index is 0.0223. The number of piperazine rings is 1. The highest BCUT2D eigenvalue weighted by Gasteiger charge is 2.22. The molecule has 1 aliphatic rings. The zero-order chi connectivity index (χ0) is 16.9. The molecule has 0 aliphatic carbocycles. The van der Waals surface area contributed by atoms with Gasteiger partial charge in [0.1, 0.15) is 0 Å². The van der Waals surface area contributed by atoms with Gasteiger partial charge in [0, 0.05) is 56.7 Å². The minimum atomic E-state index is 0.0223. The SMILES string of the molecule is CNC(=O)CN1CCN(C(=O)CCc2c[nH]c3ccccc23)CC1. The average Bonchev–Trinajstić information content (AvgIpc) is 3.03. The number of hydrogen-bond acceptors (Lipinski definition) is 3. The lowest BCUT2D eigenvalue weighted by molar-refractivity contribution is -0.133. The molecule has 0 radical (unpaired) electrons. The smallest absolute Gasteiger partial charge is 0.233 e. The molecule has 2 aromatic rings. The lowest BCUT2D eigenvalue weighted by Crippen LogP contribution is -2.50. The molecule has 128 valence electrons. The molecular formula is C18H24N4O2. The maximum Gasteiger partial charge on any atom is 0.233 e. The molecule has 2 heterocycles. The number of aromatic nitrogens is 1. The van der Waals surface area contributed by atoms with Crippen molar-refractivity contribution in [1.82, 2.24) is 20.1 Å². The number of amides is 2. The summed E-state index contributed by atoms with van der Waals surface area (Å²) in [5.41, 5.74) is 2.31. The molecule has 0 unspecified atom stereocenters. The lowest BCUT2D eigenvalue weighted by atomic mass is 10.1. The van der Waals surface area contributed by atoms with E-state index in [1.54, 1.807) is 7.05 Å². The summed E-state index contributed by atoms with van der Waals surface area (Å²) in [4.78, 5) is 31.1. The molecule has 0 spiro atoms. The monoisotopic (exact) mass is 328 g/mol. The standard InChI is InChI=1S/C18H24N4O2/c1-19-17(23)13-21-8-10-22(11-9-21)18(24)7-6-14-12-20-16-5-3-2-4-15(14)16/h2-5,12,20H,6-11,13H2,1H3,(H,19,23). The number of likely N-dealkylation sites (N-methyl/N-ethyl adjacent to an activating group) is 1. The Hall–Kier alpha value is -2.34. The lowest BCUT2D eigenvalue weighted by Gasteiger charge is -2.34. The first-order chi connectivity index (χ1) is 11.7. The Balaban J connectivity index is 1.49. The highest BCUT2D eigenvalue weighted by molar-refractivity contribution is 5.84. The summed E-state index contributed by atoms with van der Waals surface area (Å²) in [5, 5.41) is 3.83. The summed E-state index contributed by atoms with van der Waals surface area (Å²) >= 11 is 0. The molecule has 6 nitrogen and oxygen atoms in total. The molecule has 0 atom stereocenters. The Labute approximate surface area is 141 Å². The topological polar surface area (TPSA) is 68.4 Å². The molecule has 1 aliphatic heterocycles. The van der Waals surface area contributed by atoms with E-state index in [0.717, 1.165) is 25.0 Å². The van der Waals surface area contributed by atoms with Gasteiger partial charge in [-0.25, -0.2) is 0 Å². The molecule has 1 fully saturated rings. The van der Waals surface area contributed by atoms with Crippen LogP contribution in [0.15, 0.2) is 30.5 Å². The van der Waals surface area contributed by atoms with Gasteiger partial charge in [0.25, 0.3) is 0 Å². The third-order valence-electron chi connectivity index (χ3n) is 4.65. The van der Waals surface area contributed by atoms with Crippen LogP contribution in [0.4, 0.5) is 0 Å². The number of aromatic amines is 1. The zero-order valence-corrected chi connectivity index (χ0v) is 14.0. The van der Waals surface area contributed by atoms with Gasteiger partial charge in [-0.1, -0.05) is 18.2 Å². The van der Waals surface area contributed by atoms with Gasteiger partial charge in [-0.2, -0.15) is 0 Å². The number of benzene rings is 1. The molecule has 24 heavy (non-hydrogen) atoms. The zero-order valence-electron chi connectivity index (χ0n) is 14.0. The Bertz CT molecular complexity index is 717. The molecule has 1 saturated heterocycles. The maximum absolute atomic E-state index is 12.4. The molecule has 1 aromatic carbocycles. The molecule has 6 heteroatoms. The summed E-state index contributed by atoms with van der Waals surface area (Å²) in [6.45, 7) is 3.32. The van der Waals surface area contributed by atoms with Gasteiger partial charge in [-0.15, -0.1) is 0 Å². The summed E-state index contributed by atoms with van der Waals surface area (Å²) in [5.74, 6) is 0.217. The van der Waals surface area contributed by atoms with Crippen LogP contribution in [-0.2, 0) is 16.0 Å². The number of carbonyl (C=O) groups is 2. The fourth-order valence-corrected chi connectivity index (χ4v) is 3.18. The first-order valence-electron chi connectivity index (χ1n) is 8.43. The van der Waals surface area contributed by atoms with Crippen LogP contribution >= 0.6 is 0 Å². The van der Waals surface area contributed by atoms with E-state index in [-0.39, 0.29) is 11.8 Å². The van der Waals surface area contributed by atoms with Crippen LogP contribution in [0.5, 0.6) is 0 Å². The second-order valence-corrected chi connectivity index (χ2v) is 6.19. The van der Waals surface area contributed by atoms with Crippen LogP contribution < -0.4 is 5.32 Å². The highest BCUT2D eigenvalue weighted by Crippen LogP contribution is 2.19. The van der Waals surface area contributed by atoms with Crippen LogP contribution in [0, 0.1) is 0 Å². The second kappa shape index (κ2) is 7.49. The number of hydrogen-bond donors (Lipinski definition) is 2. The van der Waals surface area contributed by atoms with Crippen molar-refractivity contribution in [1.29, 1.82) is 0 Å². The van der Waals surface area contributed by atoms with E-state index in [2.05, 4.69) is 21.3 Å². The normalized spacial score (nSPS) is 15.6. The quantitative estimate of drug-likeness (QED) is 0.860. The van der Waals surface area contributed by atoms with Crippen LogP contribution in [0.3, 0.4) is 0 Å². The van der Waals surface area contributed by atoms with E-state index in [4.69, 9.17) is 0 Å². The van der Waals surface area contributed by atoms with Crippen molar-refractivity contribution in [2.45, 2.75) is 12.8 Å². The van der Waals surface area contributed by atoms with Gasteiger partial charge in [0.2, 0.25) is 11.8 Å². The van der Waals surface area contributed by atoms with E-state index in [9.17, 15) is 9.59 Å². The van der Waals surface area contributed by atoms with Crippen molar-refractivity contribution in [3.05, 3.63) is 36.0 Å². The molecule has 2 amide bonds. The number of carbonyl (C=O) groups excluding carboxylic acids is 2. The van der Waals surface area contributed by atoms with Crippen molar-refractivity contribution in [3.63, 3.8) is 0 Å². The van der Waals surface area contributed by atoms with E-state index in [1.807, 2.05) is 29.3 Å². The summed E-state index contributed by atoms with van der Waals surface area (Å²) < 4.78 is 0. The van der Waals surface area contributed by atoms with Crippen molar-refractivity contribution in [2.75, 3.05) is 39.8 Å². The Morgan fingerprint density at radius 1 is 1.17 bits per heavy atom. The second-order valence-electron chi connectivity index (χ2n) is 6.19. The molecule has 0 bridgehead atoms. The van der Waals surface area contributed by atoms with Gasteiger partial charge in [0.15, 0.2) is 0 Å². The first kappa shape index (κ1) is 16.5. The molecular weight excluding hydrogens is 304 g/mol. The third-order valence-corrected chi connectivity index (χ3v) is 4.65. The summed E-state index contributed by atoms with van der Waals surface area (Å²) in [6, 6.07) is 8.16. The highest BCUT2D eigenvalue weighted by atomic mass is 16.2. The number of aryl methyl sites for hydroxylation is 1. The van der Waals surface area contributed by atoms with Crippen LogP contribution in [-0.4, -0.2) is 66.4 Å². The van der Waals surface area contributed by atoms with Gasteiger partial charge in [-0.05, 0) is 18.1 Å². The van der Waals surface area contributed by atoms with Crippen molar-refractivity contribution >= 4 is 22.7 Å². The Morgan fingerprint density at radius 3 is 2.67 bits per heavy atom. The molecule has 2 N–H and O–H groups in total. The largest absolute Gasteiger partial charge is 0.361 e. The Morgan fingerprint density at radius 2 is 1.92 bits per heavy atom. The Kier molecular flexibility index (Phi) is 5.15. The molecule has 1 aromatic heterocycles. The number of nitrogens with one attached hydrogen (secondary N) is 2. The number of fused-ring (bicyclic) bond motifs is 1. The van der Waals surface area contributed by atoms with Crippen molar-refractivity contribution in [2.24, 2.45) is 0 Å². The van der Waals surface area contributed by atoms with Crippen molar-refractivity contribution in [3.8, 4) is 0 Å². The summed E-state index contributed by atoms with van der Waals surface area (Å²) in [6.07, 6.45) is 3.28.